The van der Waals surface area contributed by atoms with Gasteiger partial charge in [0.15, 0.2) is 5.75 Å². The predicted molar refractivity (Wildman–Crippen MR) is 110 cm³/mol. The fourth-order valence-electron chi connectivity index (χ4n) is 3.14. The number of para-hydroxylation sites is 3. The fourth-order valence-corrected chi connectivity index (χ4v) is 3.14. The minimum absolute atomic E-state index is 0.209. The molecular weight excluding hydrogens is 350 g/mol. The van der Waals surface area contributed by atoms with Crippen molar-refractivity contribution in [1.82, 2.24) is 9.38 Å². The van der Waals surface area contributed by atoms with Gasteiger partial charge < -0.3 is 10.1 Å². The van der Waals surface area contributed by atoms with E-state index in [1.54, 1.807) is 0 Å². The Kier molecular flexibility index (Phi) is 4.81. The maximum Gasteiger partial charge on any atom is 0.274 e. The Morgan fingerprint density at radius 1 is 1.04 bits per heavy atom. The highest BCUT2D eigenvalue weighted by Gasteiger charge is 2.19. The van der Waals surface area contributed by atoms with E-state index in [-0.39, 0.29) is 5.91 Å². The lowest BCUT2D eigenvalue weighted by Crippen LogP contribution is -2.16. The van der Waals surface area contributed by atoms with Gasteiger partial charge in [-0.1, -0.05) is 43.3 Å². The number of anilines is 1. The average molecular weight is 371 g/mol. The molecule has 0 aliphatic heterocycles. The number of carbonyl (C=O) groups is 1. The summed E-state index contributed by atoms with van der Waals surface area (Å²) in [5.41, 5.74) is 3.76. The van der Waals surface area contributed by atoms with Gasteiger partial charge in [-0.15, -0.1) is 0 Å². The lowest BCUT2D eigenvalue weighted by molar-refractivity contribution is 0.102. The van der Waals surface area contributed by atoms with Gasteiger partial charge in [-0.2, -0.15) is 0 Å². The van der Waals surface area contributed by atoms with E-state index >= 15 is 0 Å². The minimum Gasteiger partial charge on any atom is -0.455 e. The van der Waals surface area contributed by atoms with Crippen molar-refractivity contribution in [3.63, 3.8) is 0 Å². The second-order valence-corrected chi connectivity index (χ2v) is 6.56. The molecule has 5 nitrogen and oxygen atoms in total. The number of nitrogens with one attached hydrogen (secondary N) is 1. The zero-order valence-electron chi connectivity index (χ0n) is 15.8. The number of aromatic nitrogens is 2. The van der Waals surface area contributed by atoms with E-state index in [0.29, 0.717) is 29.3 Å². The molecule has 140 valence electrons. The second-order valence-electron chi connectivity index (χ2n) is 6.56. The summed E-state index contributed by atoms with van der Waals surface area (Å²) >= 11 is 0. The van der Waals surface area contributed by atoms with Crippen LogP contribution in [-0.4, -0.2) is 15.3 Å². The van der Waals surface area contributed by atoms with Gasteiger partial charge in [0.25, 0.3) is 5.91 Å². The molecule has 0 radical (unpaired) electrons. The summed E-state index contributed by atoms with van der Waals surface area (Å²) in [6.45, 7) is 3.99. The first kappa shape index (κ1) is 17.8. The number of fused-ring (bicyclic) bond motifs is 1. The molecule has 1 amide bonds. The van der Waals surface area contributed by atoms with Crippen molar-refractivity contribution in [1.29, 1.82) is 0 Å². The molecule has 0 aliphatic carbocycles. The Balaban J connectivity index is 1.68. The van der Waals surface area contributed by atoms with Crippen molar-refractivity contribution in [2.24, 2.45) is 0 Å². The van der Waals surface area contributed by atoms with Gasteiger partial charge in [0, 0.05) is 6.20 Å². The summed E-state index contributed by atoms with van der Waals surface area (Å²) in [6, 6.07) is 20.8. The molecule has 0 saturated heterocycles. The molecule has 0 spiro atoms. The Hall–Kier alpha value is -3.60. The highest BCUT2D eigenvalue weighted by atomic mass is 16.5. The standard InChI is InChI=1S/C23H21N3O2/c1-3-18-22(26-15-16(2)13-14-21(26)24-18)23(27)25-19-11-7-8-12-20(19)28-17-9-5-4-6-10-17/h4-15H,3H2,1-2H3,(H,25,27). The Morgan fingerprint density at radius 3 is 2.57 bits per heavy atom. The lowest BCUT2D eigenvalue weighted by atomic mass is 10.2. The lowest BCUT2D eigenvalue weighted by Gasteiger charge is -2.12. The summed E-state index contributed by atoms with van der Waals surface area (Å²) in [6.07, 6.45) is 2.61. The van der Waals surface area contributed by atoms with Crippen LogP contribution in [-0.2, 0) is 6.42 Å². The molecule has 0 saturated carbocycles. The first-order valence-electron chi connectivity index (χ1n) is 9.26. The van der Waals surface area contributed by atoms with Gasteiger partial charge in [0.2, 0.25) is 0 Å². The third-order valence-corrected chi connectivity index (χ3v) is 4.49. The number of hydrogen-bond acceptors (Lipinski definition) is 3. The predicted octanol–water partition coefficient (Wildman–Crippen LogP) is 5.25. The number of amides is 1. The van der Waals surface area contributed by atoms with E-state index in [9.17, 15) is 4.79 Å². The Bertz CT molecular complexity index is 1130. The molecule has 28 heavy (non-hydrogen) atoms. The van der Waals surface area contributed by atoms with Crippen LogP contribution in [0.3, 0.4) is 0 Å². The highest BCUT2D eigenvalue weighted by Crippen LogP contribution is 2.29. The maximum absolute atomic E-state index is 13.2. The molecule has 0 unspecified atom stereocenters. The zero-order valence-corrected chi connectivity index (χ0v) is 15.8. The molecule has 5 heteroatoms. The van der Waals surface area contributed by atoms with E-state index in [1.807, 2.05) is 91.2 Å². The van der Waals surface area contributed by atoms with Crippen LogP contribution in [0.1, 0.15) is 28.7 Å². The molecule has 0 atom stereocenters. The first-order chi connectivity index (χ1) is 13.7. The molecule has 4 rings (SSSR count). The number of benzene rings is 2. The van der Waals surface area contributed by atoms with Crippen molar-refractivity contribution >= 4 is 17.2 Å². The van der Waals surface area contributed by atoms with Gasteiger partial charge in [0.1, 0.15) is 17.1 Å². The van der Waals surface area contributed by atoms with Crippen molar-refractivity contribution in [2.75, 3.05) is 5.32 Å². The van der Waals surface area contributed by atoms with E-state index in [4.69, 9.17) is 4.74 Å². The smallest absolute Gasteiger partial charge is 0.274 e. The number of imidazole rings is 1. The molecule has 0 fully saturated rings. The largest absolute Gasteiger partial charge is 0.455 e. The van der Waals surface area contributed by atoms with Crippen LogP contribution in [0.25, 0.3) is 5.65 Å². The molecule has 2 heterocycles. The van der Waals surface area contributed by atoms with Crippen LogP contribution < -0.4 is 10.1 Å². The third-order valence-electron chi connectivity index (χ3n) is 4.49. The molecule has 2 aromatic heterocycles. The quantitative estimate of drug-likeness (QED) is 0.521. The summed E-state index contributed by atoms with van der Waals surface area (Å²) in [7, 11) is 0. The van der Waals surface area contributed by atoms with E-state index in [1.165, 1.54) is 0 Å². The monoisotopic (exact) mass is 371 g/mol. The van der Waals surface area contributed by atoms with Crippen LogP contribution in [0.15, 0.2) is 72.9 Å². The molecule has 4 aromatic rings. The van der Waals surface area contributed by atoms with Gasteiger partial charge in [-0.3, -0.25) is 9.20 Å². The van der Waals surface area contributed by atoms with Crippen LogP contribution in [0.4, 0.5) is 5.69 Å². The SMILES string of the molecule is CCc1nc2ccc(C)cn2c1C(=O)Nc1ccccc1Oc1ccccc1. The Morgan fingerprint density at radius 2 is 1.79 bits per heavy atom. The number of rotatable bonds is 5. The number of pyridine rings is 1. The van der Waals surface area contributed by atoms with E-state index < -0.39 is 0 Å². The normalized spacial score (nSPS) is 10.8. The van der Waals surface area contributed by atoms with Gasteiger partial charge in [-0.25, -0.2) is 4.98 Å². The average Bonchev–Trinajstić information content (AvgIpc) is 3.08. The number of nitrogens with zero attached hydrogens (tertiary/aromatic N) is 2. The molecule has 1 N–H and O–H groups in total. The number of hydrogen-bond donors (Lipinski definition) is 1. The van der Waals surface area contributed by atoms with E-state index in [0.717, 1.165) is 16.9 Å². The molecule has 0 aliphatic rings. The first-order valence-corrected chi connectivity index (χ1v) is 9.26. The number of ether oxygens (including phenoxy) is 1. The van der Waals surface area contributed by atoms with Gasteiger partial charge >= 0.3 is 0 Å². The van der Waals surface area contributed by atoms with Crippen LogP contribution in [0.5, 0.6) is 11.5 Å². The van der Waals surface area contributed by atoms with Crippen molar-refractivity contribution in [3.8, 4) is 11.5 Å². The van der Waals surface area contributed by atoms with Crippen LogP contribution in [0, 0.1) is 6.92 Å². The third kappa shape index (κ3) is 3.47. The van der Waals surface area contributed by atoms with Crippen molar-refractivity contribution in [2.45, 2.75) is 20.3 Å². The van der Waals surface area contributed by atoms with E-state index in [2.05, 4.69) is 10.3 Å². The van der Waals surface area contributed by atoms with Gasteiger partial charge in [-0.05, 0) is 49.2 Å². The summed E-state index contributed by atoms with van der Waals surface area (Å²) in [5.74, 6) is 1.09. The second kappa shape index (κ2) is 7.56. The number of aryl methyl sites for hydroxylation is 2. The minimum atomic E-state index is -0.209. The summed E-state index contributed by atoms with van der Waals surface area (Å²) in [5, 5.41) is 2.99. The molecule has 2 aromatic carbocycles. The van der Waals surface area contributed by atoms with Crippen molar-refractivity contribution in [3.05, 3.63) is 89.9 Å². The van der Waals surface area contributed by atoms with Crippen molar-refractivity contribution < 1.29 is 9.53 Å². The molecule has 0 bridgehead atoms. The molecular formula is C23H21N3O2. The van der Waals surface area contributed by atoms with Gasteiger partial charge in [0.05, 0.1) is 11.4 Å². The van der Waals surface area contributed by atoms with Crippen LogP contribution >= 0.6 is 0 Å². The number of carbonyl (C=O) groups excluding carboxylic acids is 1. The highest BCUT2D eigenvalue weighted by molar-refractivity contribution is 6.05. The Labute approximate surface area is 163 Å². The fraction of sp³-hybridized carbons (Fsp3) is 0.130. The maximum atomic E-state index is 13.2. The summed E-state index contributed by atoms with van der Waals surface area (Å²) in [4.78, 5) is 17.8. The van der Waals surface area contributed by atoms with Crippen LogP contribution in [0.2, 0.25) is 0 Å². The summed E-state index contributed by atoms with van der Waals surface area (Å²) < 4.78 is 7.81. The zero-order chi connectivity index (χ0) is 19.5. The topological polar surface area (TPSA) is 55.6 Å².